The molecule has 28 heavy (non-hydrogen) atoms. The monoisotopic (exact) mass is 380 g/mol. The van der Waals surface area contributed by atoms with Crippen LogP contribution in [0.25, 0.3) is 11.3 Å². The van der Waals surface area contributed by atoms with Crippen LogP contribution in [0.15, 0.2) is 71.5 Å². The summed E-state index contributed by atoms with van der Waals surface area (Å²) in [5.74, 6) is -0.823. The molecule has 0 saturated heterocycles. The summed E-state index contributed by atoms with van der Waals surface area (Å²) in [6, 6.07) is 13.5. The lowest BCUT2D eigenvalue weighted by Gasteiger charge is -2.03. The second kappa shape index (κ2) is 7.43. The highest BCUT2D eigenvalue weighted by Crippen LogP contribution is 2.21. The van der Waals surface area contributed by atoms with Crippen molar-refractivity contribution in [3.05, 3.63) is 89.9 Å². The van der Waals surface area contributed by atoms with Crippen molar-refractivity contribution in [2.45, 2.75) is 6.54 Å². The van der Waals surface area contributed by atoms with Crippen molar-refractivity contribution in [3.63, 3.8) is 0 Å². The molecule has 0 aliphatic rings. The molecule has 0 aliphatic carbocycles. The molecule has 1 amide bonds. The number of rotatable bonds is 5. The van der Waals surface area contributed by atoms with Crippen LogP contribution in [0.2, 0.25) is 0 Å². The molecule has 0 fully saturated rings. The molecule has 0 unspecified atom stereocenters. The van der Waals surface area contributed by atoms with Gasteiger partial charge in [-0.05, 0) is 30.3 Å². The Kier molecular flexibility index (Phi) is 4.67. The van der Waals surface area contributed by atoms with Gasteiger partial charge in [-0.2, -0.15) is 5.10 Å². The molecule has 0 aliphatic heterocycles. The van der Waals surface area contributed by atoms with Crippen LogP contribution in [0.3, 0.4) is 0 Å². The Bertz CT molecular complexity index is 1120. The predicted octanol–water partition coefficient (Wildman–Crippen LogP) is 4.12. The summed E-state index contributed by atoms with van der Waals surface area (Å²) in [6.07, 6.45) is 3.05. The smallest absolute Gasteiger partial charge is 0.277 e. The first kappa shape index (κ1) is 17.6. The Labute approximate surface area is 158 Å². The first-order valence-electron chi connectivity index (χ1n) is 8.38. The van der Waals surface area contributed by atoms with Gasteiger partial charge in [0.2, 0.25) is 0 Å². The van der Waals surface area contributed by atoms with Gasteiger partial charge >= 0.3 is 0 Å². The molecule has 4 aromatic rings. The Morgan fingerprint density at radius 1 is 1.11 bits per heavy atom. The molecule has 140 valence electrons. The topological polar surface area (TPSA) is 73.0 Å². The number of hydrogen-bond donors (Lipinski definition) is 1. The summed E-state index contributed by atoms with van der Waals surface area (Å²) in [6.45, 7) is 0.237. The molecule has 0 radical (unpaired) electrons. The molecule has 2 aromatic heterocycles. The van der Waals surface area contributed by atoms with E-state index < -0.39 is 5.91 Å². The lowest BCUT2D eigenvalue weighted by molar-refractivity contribution is 0.101. The van der Waals surface area contributed by atoms with E-state index in [4.69, 9.17) is 4.52 Å². The van der Waals surface area contributed by atoms with Gasteiger partial charge in [-0.3, -0.25) is 9.48 Å². The fourth-order valence-electron chi connectivity index (χ4n) is 2.64. The normalized spacial score (nSPS) is 10.8. The molecule has 8 heteroatoms. The van der Waals surface area contributed by atoms with Gasteiger partial charge in [0, 0.05) is 23.4 Å². The van der Waals surface area contributed by atoms with Gasteiger partial charge in [-0.25, -0.2) is 8.78 Å². The molecular formula is C20H14F2N4O2. The van der Waals surface area contributed by atoms with Crippen molar-refractivity contribution in [1.82, 2.24) is 14.9 Å². The van der Waals surface area contributed by atoms with Gasteiger partial charge < -0.3 is 9.84 Å². The average Bonchev–Trinajstić information content (AvgIpc) is 3.34. The van der Waals surface area contributed by atoms with Gasteiger partial charge in [0.15, 0.2) is 11.5 Å². The van der Waals surface area contributed by atoms with Gasteiger partial charge in [-0.1, -0.05) is 23.4 Å². The average molecular weight is 380 g/mol. The van der Waals surface area contributed by atoms with E-state index in [0.29, 0.717) is 22.6 Å². The van der Waals surface area contributed by atoms with E-state index >= 15 is 0 Å². The van der Waals surface area contributed by atoms with Gasteiger partial charge in [0.1, 0.15) is 11.6 Å². The summed E-state index contributed by atoms with van der Waals surface area (Å²) < 4.78 is 33.4. The van der Waals surface area contributed by atoms with E-state index in [2.05, 4.69) is 15.6 Å². The maximum absolute atomic E-state index is 13.7. The Morgan fingerprint density at radius 2 is 1.89 bits per heavy atom. The quantitative estimate of drug-likeness (QED) is 0.565. The SMILES string of the molecule is O=C(Nc1cnn(Cc2ccccc2F)c1)c1cc(-c2ccc(F)cc2)on1. The third kappa shape index (κ3) is 3.80. The van der Waals surface area contributed by atoms with Crippen molar-refractivity contribution in [2.24, 2.45) is 0 Å². The number of carbonyl (C=O) groups is 1. The number of amides is 1. The standard InChI is InChI=1S/C20H14F2N4O2/c21-15-7-5-13(6-8-15)19-9-18(25-28-19)20(27)24-16-10-23-26(12-16)11-14-3-1-2-4-17(14)22/h1-10,12H,11H2,(H,24,27). The maximum atomic E-state index is 13.7. The van der Waals surface area contributed by atoms with Gasteiger partial charge in [0.25, 0.3) is 5.91 Å². The summed E-state index contributed by atoms with van der Waals surface area (Å²) in [7, 11) is 0. The fraction of sp³-hybridized carbons (Fsp3) is 0.0500. The highest BCUT2D eigenvalue weighted by atomic mass is 19.1. The first-order chi connectivity index (χ1) is 13.6. The molecular weight excluding hydrogens is 366 g/mol. The number of hydrogen-bond acceptors (Lipinski definition) is 4. The summed E-state index contributed by atoms with van der Waals surface area (Å²) >= 11 is 0. The lowest BCUT2D eigenvalue weighted by atomic mass is 10.1. The van der Waals surface area contributed by atoms with E-state index in [0.717, 1.165) is 0 Å². The van der Waals surface area contributed by atoms with Crippen LogP contribution < -0.4 is 5.32 Å². The predicted molar refractivity (Wildman–Crippen MR) is 97.6 cm³/mol. The summed E-state index contributed by atoms with van der Waals surface area (Å²) in [4.78, 5) is 12.3. The van der Waals surface area contributed by atoms with Gasteiger partial charge in [-0.15, -0.1) is 0 Å². The molecule has 1 N–H and O–H groups in total. The third-order valence-corrected chi connectivity index (χ3v) is 4.05. The molecule has 2 heterocycles. The minimum Gasteiger partial charge on any atom is -0.355 e. The van der Waals surface area contributed by atoms with Crippen molar-refractivity contribution in [2.75, 3.05) is 5.32 Å². The van der Waals surface area contributed by atoms with E-state index in [1.54, 1.807) is 24.4 Å². The van der Waals surface area contributed by atoms with Crippen LogP contribution in [0.1, 0.15) is 16.1 Å². The number of halogens is 2. The van der Waals surface area contributed by atoms with Crippen LogP contribution in [0.5, 0.6) is 0 Å². The van der Waals surface area contributed by atoms with Crippen LogP contribution in [-0.2, 0) is 6.54 Å². The van der Waals surface area contributed by atoms with Crippen molar-refractivity contribution in [1.29, 1.82) is 0 Å². The van der Waals surface area contributed by atoms with Crippen molar-refractivity contribution in [3.8, 4) is 11.3 Å². The van der Waals surface area contributed by atoms with E-state index in [-0.39, 0.29) is 23.9 Å². The van der Waals surface area contributed by atoms with E-state index in [1.807, 2.05) is 0 Å². The zero-order valence-corrected chi connectivity index (χ0v) is 14.5. The number of nitrogens with zero attached hydrogens (tertiary/aromatic N) is 3. The number of carbonyl (C=O) groups excluding carboxylic acids is 1. The number of aromatic nitrogens is 3. The summed E-state index contributed by atoms with van der Waals surface area (Å²) in [5, 5.41) is 10.5. The molecule has 0 spiro atoms. The minimum absolute atomic E-state index is 0.0705. The lowest BCUT2D eigenvalue weighted by Crippen LogP contribution is -2.11. The highest BCUT2D eigenvalue weighted by Gasteiger charge is 2.15. The van der Waals surface area contributed by atoms with Crippen LogP contribution in [0.4, 0.5) is 14.5 Å². The number of anilines is 1. The molecule has 2 aromatic carbocycles. The van der Waals surface area contributed by atoms with E-state index in [1.165, 1.54) is 47.3 Å². The summed E-state index contributed by atoms with van der Waals surface area (Å²) in [5.41, 5.74) is 1.60. The molecule has 0 bridgehead atoms. The van der Waals surface area contributed by atoms with Crippen LogP contribution in [-0.4, -0.2) is 20.8 Å². The fourth-order valence-corrected chi connectivity index (χ4v) is 2.64. The Morgan fingerprint density at radius 3 is 2.68 bits per heavy atom. The number of nitrogens with one attached hydrogen (secondary N) is 1. The minimum atomic E-state index is -0.484. The Balaban J connectivity index is 1.44. The van der Waals surface area contributed by atoms with Crippen molar-refractivity contribution < 1.29 is 18.1 Å². The largest absolute Gasteiger partial charge is 0.355 e. The maximum Gasteiger partial charge on any atom is 0.277 e. The second-order valence-corrected chi connectivity index (χ2v) is 6.06. The van der Waals surface area contributed by atoms with Crippen LogP contribution in [0, 0.1) is 11.6 Å². The molecule has 0 saturated carbocycles. The molecule has 6 nitrogen and oxygen atoms in total. The van der Waals surface area contributed by atoms with Crippen LogP contribution >= 0.6 is 0 Å². The first-order valence-corrected chi connectivity index (χ1v) is 8.38. The van der Waals surface area contributed by atoms with Gasteiger partial charge in [0.05, 0.1) is 18.4 Å². The second-order valence-electron chi connectivity index (χ2n) is 6.06. The zero-order chi connectivity index (χ0) is 19.5. The van der Waals surface area contributed by atoms with Crippen molar-refractivity contribution >= 4 is 11.6 Å². The third-order valence-electron chi connectivity index (χ3n) is 4.05. The zero-order valence-electron chi connectivity index (χ0n) is 14.5. The molecule has 4 rings (SSSR count). The van der Waals surface area contributed by atoms with E-state index in [9.17, 15) is 13.6 Å². The highest BCUT2D eigenvalue weighted by molar-refractivity contribution is 6.03. The number of benzene rings is 2. The molecule has 0 atom stereocenters. The Hall–Kier alpha value is -3.81.